The number of carbonyl (C=O) groups is 2. The second kappa shape index (κ2) is 4.69. The first-order valence-corrected chi connectivity index (χ1v) is 8.37. The number of carboxylic acid groups (broad SMARTS) is 1. The Labute approximate surface area is 139 Å². The van der Waals surface area contributed by atoms with Gasteiger partial charge >= 0.3 is 5.97 Å². The first kappa shape index (κ1) is 13.8. The lowest BCUT2D eigenvalue weighted by molar-refractivity contribution is -0.138. The van der Waals surface area contributed by atoms with Crippen molar-refractivity contribution in [1.82, 2.24) is 0 Å². The molecule has 24 heavy (non-hydrogen) atoms. The van der Waals surface area contributed by atoms with Crippen molar-refractivity contribution in [2.45, 2.75) is 18.3 Å². The van der Waals surface area contributed by atoms with Crippen molar-refractivity contribution in [2.75, 3.05) is 11.4 Å². The van der Waals surface area contributed by atoms with E-state index in [1.54, 1.807) is 4.90 Å². The smallest absolute Gasteiger partial charge is 0.312 e. The van der Waals surface area contributed by atoms with Gasteiger partial charge in [0, 0.05) is 18.2 Å². The molecule has 4 heteroatoms. The molecule has 0 aromatic heterocycles. The summed E-state index contributed by atoms with van der Waals surface area (Å²) in [6.07, 6.45) is 0.967. The Morgan fingerprint density at radius 1 is 1.00 bits per heavy atom. The molecule has 2 aliphatic carbocycles. The van der Waals surface area contributed by atoms with Gasteiger partial charge in [0.25, 0.3) is 0 Å². The molecule has 0 radical (unpaired) electrons. The predicted octanol–water partition coefficient (Wildman–Crippen LogP) is 2.79. The average molecular weight is 319 g/mol. The maximum Gasteiger partial charge on any atom is 0.312 e. The van der Waals surface area contributed by atoms with E-state index in [4.69, 9.17) is 0 Å². The number of hydrogen-bond acceptors (Lipinski definition) is 2. The van der Waals surface area contributed by atoms with Crippen LogP contribution in [0.3, 0.4) is 0 Å². The number of benzene rings is 2. The van der Waals surface area contributed by atoms with E-state index >= 15 is 0 Å². The lowest BCUT2D eigenvalue weighted by Gasteiger charge is -2.19. The lowest BCUT2D eigenvalue weighted by atomic mass is 10.0. The second-order valence-electron chi connectivity index (χ2n) is 7.02. The van der Waals surface area contributed by atoms with Crippen LogP contribution in [-0.4, -0.2) is 23.5 Å². The van der Waals surface area contributed by atoms with Crippen LogP contribution in [0.4, 0.5) is 5.69 Å². The first-order chi connectivity index (χ1) is 11.7. The minimum absolute atomic E-state index is 0.0144. The van der Waals surface area contributed by atoms with Crippen LogP contribution in [0.1, 0.15) is 28.5 Å². The summed E-state index contributed by atoms with van der Waals surface area (Å²) in [7, 11) is 0. The van der Waals surface area contributed by atoms with Crippen molar-refractivity contribution < 1.29 is 14.7 Å². The molecule has 0 spiro atoms. The summed E-state index contributed by atoms with van der Waals surface area (Å²) in [5, 5.41) is 9.47. The molecule has 1 saturated carbocycles. The summed E-state index contributed by atoms with van der Waals surface area (Å²) in [4.78, 5) is 26.3. The molecule has 120 valence electrons. The molecule has 5 rings (SSSR count). The molecule has 4 unspecified atom stereocenters. The monoisotopic (exact) mass is 319 g/mol. The van der Waals surface area contributed by atoms with Gasteiger partial charge in [0.05, 0.1) is 0 Å². The first-order valence-electron chi connectivity index (χ1n) is 8.37. The molecular formula is C20H17NO3. The summed E-state index contributed by atoms with van der Waals surface area (Å²) >= 11 is 0. The summed E-state index contributed by atoms with van der Waals surface area (Å²) in [6, 6.07) is 15.8. The molecule has 1 aliphatic heterocycles. The van der Waals surface area contributed by atoms with E-state index in [0.717, 1.165) is 17.7 Å². The predicted molar refractivity (Wildman–Crippen MR) is 89.0 cm³/mol. The summed E-state index contributed by atoms with van der Waals surface area (Å²) in [5.74, 6) is -0.651. The third-order valence-electron chi connectivity index (χ3n) is 5.86. The summed E-state index contributed by atoms with van der Waals surface area (Å²) in [6.45, 7) is 0.255. The van der Waals surface area contributed by atoms with Gasteiger partial charge in [-0.3, -0.25) is 9.59 Å². The molecule has 0 bridgehead atoms. The molecule has 4 atom stereocenters. The van der Waals surface area contributed by atoms with Gasteiger partial charge in [-0.25, -0.2) is 0 Å². The molecule has 2 aromatic carbocycles. The lowest BCUT2D eigenvalue weighted by Crippen LogP contribution is -2.33. The number of fused-ring (bicyclic) bond motifs is 4. The normalized spacial score (nSPS) is 28.9. The molecule has 4 nitrogen and oxygen atoms in total. The summed E-state index contributed by atoms with van der Waals surface area (Å²) < 4.78 is 0. The van der Waals surface area contributed by atoms with Gasteiger partial charge < -0.3 is 10.0 Å². The van der Waals surface area contributed by atoms with E-state index in [9.17, 15) is 14.7 Å². The number of para-hydroxylation sites is 1. The Balaban J connectivity index is 1.45. The van der Waals surface area contributed by atoms with Crippen LogP contribution >= 0.6 is 0 Å². The number of carbonyl (C=O) groups excluding carboxylic acids is 1. The molecule has 1 amide bonds. The molecule has 3 aliphatic rings. The maximum absolute atomic E-state index is 13.1. The van der Waals surface area contributed by atoms with Crippen molar-refractivity contribution in [3.63, 3.8) is 0 Å². The highest BCUT2D eigenvalue weighted by Crippen LogP contribution is 2.62. The largest absolute Gasteiger partial charge is 0.481 e. The Morgan fingerprint density at radius 2 is 1.71 bits per heavy atom. The minimum atomic E-state index is -0.862. The highest BCUT2D eigenvalue weighted by molar-refractivity contribution is 6.02. The van der Waals surface area contributed by atoms with E-state index in [2.05, 4.69) is 18.2 Å². The number of hydrogen-bond donors (Lipinski definition) is 1. The molecule has 2 aromatic rings. The van der Waals surface area contributed by atoms with Crippen LogP contribution in [0.5, 0.6) is 0 Å². The van der Waals surface area contributed by atoms with Crippen molar-refractivity contribution in [3.8, 4) is 0 Å². The van der Waals surface area contributed by atoms with Crippen LogP contribution in [0, 0.1) is 11.8 Å². The van der Waals surface area contributed by atoms with Gasteiger partial charge in [-0.15, -0.1) is 0 Å². The van der Waals surface area contributed by atoms with E-state index < -0.39 is 11.9 Å². The van der Waals surface area contributed by atoms with Crippen LogP contribution in [-0.2, 0) is 16.0 Å². The molecule has 1 fully saturated rings. The van der Waals surface area contributed by atoms with Gasteiger partial charge in [-0.2, -0.15) is 0 Å². The fourth-order valence-electron chi connectivity index (χ4n) is 4.69. The van der Waals surface area contributed by atoms with E-state index in [1.807, 2.05) is 30.3 Å². The van der Waals surface area contributed by atoms with Crippen LogP contribution in [0.25, 0.3) is 0 Å². The molecule has 0 saturated heterocycles. The van der Waals surface area contributed by atoms with Crippen LogP contribution < -0.4 is 4.90 Å². The Hall–Kier alpha value is -2.62. The van der Waals surface area contributed by atoms with Gasteiger partial charge in [-0.1, -0.05) is 42.5 Å². The number of rotatable bonds is 2. The SMILES string of the molecule is O=C(O)C1CN(C(=O)C2C3Cc4ccccc4C32)c2ccccc21. The number of nitrogens with zero attached hydrogens (tertiary/aromatic N) is 1. The van der Waals surface area contributed by atoms with Crippen molar-refractivity contribution in [3.05, 3.63) is 65.2 Å². The average Bonchev–Trinajstić information content (AvgIpc) is 2.99. The van der Waals surface area contributed by atoms with Crippen molar-refractivity contribution in [1.29, 1.82) is 0 Å². The number of anilines is 1. The second-order valence-corrected chi connectivity index (χ2v) is 7.02. The number of carboxylic acids is 1. The Bertz CT molecular complexity index is 875. The van der Waals surface area contributed by atoms with E-state index in [1.165, 1.54) is 11.1 Å². The van der Waals surface area contributed by atoms with Gasteiger partial charge in [0.1, 0.15) is 5.92 Å². The topological polar surface area (TPSA) is 57.6 Å². The standard InChI is InChI=1S/C20H17NO3/c22-19(18-14-9-11-5-1-2-6-12(11)17(14)18)21-10-15(20(23)24)13-7-3-4-8-16(13)21/h1-8,14-15,17-18H,9-10H2,(H,23,24). The minimum Gasteiger partial charge on any atom is -0.481 e. The highest BCUT2D eigenvalue weighted by atomic mass is 16.4. The van der Waals surface area contributed by atoms with Gasteiger partial charge in [-0.05, 0) is 41.0 Å². The fourth-order valence-corrected chi connectivity index (χ4v) is 4.69. The highest BCUT2D eigenvalue weighted by Gasteiger charge is 2.60. The molecular weight excluding hydrogens is 302 g/mol. The molecule has 1 N–H and O–H groups in total. The van der Waals surface area contributed by atoms with Crippen molar-refractivity contribution in [2.24, 2.45) is 11.8 Å². The van der Waals surface area contributed by atoms with Gasteiger partial charge in [0.15, 0.2) is 0 Å². The zero-order valence-electron chi connectivity index (χ0n) is 13.1. The number of amides is 1. The van der Waals surface area contributed by atoms with Crippen LogP contribution in [0.2, 0.25) is 0 Å². The summed E-state index contributed by atoms with van der Waals surface area (Å²) in [5.41, 5.74) is 4.20. The third-order valence-corrected chi connectivity index (χ3v) is 5.86. The van der Waals surface area contributed by atoms with E-state index in [-0.39, 0.29) is 18.4 Å². The van der Waals surface area contributed by atoms with E-state index in [0.29, 0.717) is 11.8 Å². The fraction of sp³-hybridized carbons (Fsp3) is 0.300. The van der Waals surface area contributed by atoms with Crippen molar-refractivity contribution >= 4 is 17.6 Å². The van der Waals surface area contributed by atoms with Crippen LogP contribution in [0.15, 0.2) is 48.5 Å². The molecule has 1 heterocycles. The number of aliphatic carboxylic acids is 1. The zero-order chi connectivity index (χ0) is 16.4. The Morgan fingerprint density at radius 3 is 2.50 bits per heavy atom. The maximum atomic E-state index is 13.1. The van der Waals surface area contributed by atoms with Gasteiger partial charge in [0.2, 0.25) is 5.91 Å². The zero-order valence-corrected chi connectivity index (χ0v) is 13.1. The third kappa shape index (κ3) is 1.74. The quantitative estimate of drug-likeness (QED) is 0.926. The Kier molecular flexibility index (Phi) is 2.70.